The average Bonchev–Trinajstić information content (AvgIpc) is 2.90. The van der Waals surface area contributed by atoms with Gasteiger partial charge in [0.2, 0.25) is 23.6 Å². The van der Waals surface area contributed by atoms with Crippen molar-refractivity contribution in [2.24, 2.45) is 17.4 Å². The van der Waals surface area contributed by atoms with Crippen molar-refractivity contribution in [2.75, 3.05) is 0 Å². The van der Waals surface area contributed by atoms with Gasteiger partial charge in [-0.2, -0.15) is 0 Å². The molecule has 0 radical (unpaired) electrons. The molecule has 11 nitrogen and oxygen atoms in total. The molecular weight excluding hydrogens is 502 g/mol. The van der Waals surface area contributed by atoms with E-state index in [-0.39, 0.29) is 25.7 Å². The fourth-order valence-electron chi connectivity index (χ4n) is 3.87. The number of aliphatic carboxylic acids is 1. The molecule has 0 bridgehead atoms. The van der Waals surface area contributed by atoms with Crippen molar-refractivity contribution in [1.82, 2.24) is 16.0 Å². The van der Waals surface area contributed by atoms with E-state index in [1.54, 1.807) is 68.4 Å². The van der Waals surface area contributed by atoms with Crippen molar-refractivity contribution >= 4 is 29.6 Å². The first-order valence-electron chi connectivity index (χ1n) is 12.7. The largest absolute Gasteiger partial charge is 0.480 e. The summed E-state index contributed by atoms with van der Waals surface area (Å²) in [5, 5.41) is 17.5. The van der Waals surface area contributed by atoms with Crippen LogP contribution in [0.3, 0.4) is 0 Å². The van der Waals surface area contributed by atoms with Crippen LogP contribution in [-0.2, 0) is 36.8 Å². The summed E-state index contributed by atoms with van der Waals surface area (Å²) >= 11 is 0. The molecule has 4 atom stereocenters. The highest BCUT2D eigenvalue weighted by molar-refractivity contribution is 5.94. The number of hydrogen-bond donors (Lipinski definition) is 6. The van der Waals surface area contributed by atoms with Gasteiger partial charge in [-0.1, -0.05) is 74.5 Å². The van der Waals surface area contributed by atoms with Crippen LogP contribution in [0.15, 0.2) is 60.7 Å². The normalized spacial score (nSPS) is 13.9. The Morgan fingerprint density at radius 3 is 1.69 bits per heavy atom. The second-order valence-corrected chi connectivity index (χ2v) is 9.68. The van der Waals surface area contributed by atoms with Crippen molar-refractivity contribution in [1.29, 1.82) is 0 Å². The van der Waals surface area contributed by atoms with Gasteiger partial charge in [0.15, 0.2) is 0 Å². The zero-order valence-electron chi connectivity index (χ0n) is 22.1. The second-order valence-electron chi connectivity index (χ2n) is 9.68. The summed E-state index contributed by atoms with van der Waals surface area (Å²) in [6.45, 7) is 3.42. The van der Waals surface area contributed by atoms with E-state index in [0.29, 0.717) is 0 Å². The van der Waals surface area contributed by atoms with E-state index in [2.05, 4.69) is 16.0 Å². The van der Waals surface area contributed by atoms with E-state index in [4.69, 9.17) is 11.5 Å². The molecule has 2 rings (SSSR count). The molecule has 0 fully saturated rings. The third-order valence-corrected chi connectivity index (χ3v) is 6.10. The highest BCUT2D eigenvalue weighted by Crippen LogP contribution is 2.09. The first-order chi connectivity index (χ1) is 18.5. The highest BCUT2D eigenvalue weighted by atomic mass is 16.4. The van der Waals surface area contributed by atoms with Gasteiger partial charge in [-0.05, 0) is 23.5 Å². The zero-order chi connectivity index (χ0) is 28.9. The summed E-state index contributed by atoms with van der Waals surface area (Å²) in [5.41, 5.74) is 12.5. The van der Waals surface area contributed by atoms with Gasteiger partial charge in [0.25, 0.3) is 0 Å². The molecule has 8 N–H and O–H groups in total. The number of carbonyl (C=O) groups excluding carboxylic acids is 4. The van der Waals surface area contributed by atoms with E-state index in [1.165, 1.54) is 0 Å². The molecule has 0 aliphatic carbocycles. The number of nitrogens with two attached hydrogens (primary N) is 2. The Morgan fingerprint density at radius 1 is 0.744 bits per heavy atom. The molecule has 210 valence electrons. The molecule has 0 aliphatic heterocycles. The van der Waals surface area contributed by atoms with E-state index in [0.717, 1.165) is 11.1 Å². The molecule has 11 heteroatoms. The maximum atomic E-state index is 13.4. The van der Waals surface area contributed by atoms with Gasteiger partial charge in [-0.3, -0.25) is 19.2 Å². The number of hydrogen-bond acceptors (Lipinski definition) is 6. The summed E-state index contributed by atoms with van der Waals surface area (Å²) in [6, 6.07) is 13.4. The number of amides is 4. The Morgan fingerprint density at radius 2 is 1.23 bits per heavy atom. The monoisotopic (exact) mass is 539 g/mol. The lowest BCUT2D eigenvalue weighted by atomic mass is 9.99. The van der Waals surface area contributed by atoms with Crippen molar-refractivity contribution < 1.29 is 29.1 Å². The summed E-state index contributed by atoms with van der Waals surface area (Å²) in [6.07, 6.45) is 0.0962. The maximum Gasteiger partial charge on any atom is 0.326 e. The van der Waals surface area contributed by atoms with Crippen LogP contribution in [0.2, 0.25) is 0 Å². The molecule has 4 amide bonds. The highest BCUT2D eigenvalue weighted by Gasteiger charge is 2.32. The number of carboxylic acids is 1. The minimum absolute atomic E-state index is 0.00978. The molecule has 39 heavy (non-hydrogen) atoms. The van der Waals surface area contributed by atoms with Gasteiger partial charge in [0.05, 0.1) is 6.04 Å². The van der Waals surface area contributed by atoms with E-state index >= 15 is 0 Å². The first-order valence-corrected chi connectivity index (χ1v) is 12.7. The molecule has 0 saturated heterocycles. The Bertz CT molecular complexity index is 1130. The van der Waals surface area contributed by atoms with Crippen LogP contribution in [0.1, 0.15) is 37.8 Å². The quantitative estimate of drug-likeness (QED) is 0.187. The van der Waals surface area contributed by atoms with Crippen LogP contribution in [0, 0.1) is 5.92 Å². The predicted molar refractivity (Wildman–Crippen MR) is 145 cm³/mol. The van der Waals surface area contributed by atoms with Crippen LogP contribution in [0.25, 0.3) is 0 Å². The number of nitrogens with one attached hydrogen (secondary N) is 3. The molecule has 0 heterocycles. The topological polar surface area (TPSA) is 194 Å². The smallest absolute Gasteiger partial charge is 0.326 e. The molecular formula is C28H37N5O6. The minimum Gasteiger partial charge on any atom is -0.480 e. The first kappa shape index (κ1) is 31.0. The number of carbonyl (C=O) groups is 5. The van der Waals surface area contributed by atoms with Gasteiger partial charge in [-0.15, -0.1) is 0 Å². The Labute approximate surface area is 227 Å². The van der Waals surface area contributed by atoms with Gasteiger partial charge in [0.1, 0.15) is 18.1 Å². The van der Waals surface area contributed by atoms with Crippen molar-refractivity contribution in [3.8, 4) is 0 Å². The summed E-state index contributed by atoms with van der Waals surface area (Å²) < 4.78 is 0. The van der Waals surface area contributed by atoms with Gasteiger partial charge >= 0.3 is 5.97 Å². The SMILES string of the molecule is CC(C)C(NC(=O)C(Cc1ccccc1)NC(=O)C(N)CCC(N)=O)C(=O)NC(Cc1ccccc1)C(=O)O. The minimum atomic E-state index is -1.21. The van der Waals surface area contributed by atoms with Crippen LogP contribution in [0.4, 0.5) is 0 Å². The second kappa shape index (κ2) is 15.2. The predicted octanol–water partition coefficient (Wildman–Crippen LogP) is 0.260. The lowest BCUT2D eigenvalue weighted by Crippen LogP contribution is -2.59. The van der Waals surface area contributed by atoms with Gasteiger partial charge < -0.3 is 32.5 Å². The van der Waals surface area contributed by atoms with E-state index < -0.39 is 59.7 Å². The molecule has 0 spiro atoms. The van der Waals surface area contributed by atoms with E-state index in [9.17, 15) is 29.1 Å². The third kappa shape index (κ3) is 10.6. The molecule has 0 saturated carbocycles. The maximum absolute atomic E-state index is 13.4. The molecule has 2 aromatic rings. The van der Waals surface area contributed by atoms with Crippen LogP contribution in [-0.4, -0.2) is 58.9 Å². The Kier molecular flexibility index (Phi) is 12.1. The summed E-state index contributed by atoms with van der Waals surface area (Å²) in [5.74, 6) is -4.16. The van der Waals surface area contributed by atoms with Crippen molar-refractivity contribution in [3.63, 3.8) is 0 Å². The third-order valence-electron chi connectivity index (χ3n) is 6.10. The molecule has 4 unspecified atom stereocenters. The summed E-state index contributed by atoms with van der Waals surface area (Å²) in [7, 11) is 0. The number of rotatable bonds is 15. The van der Waals surface area contributed by atoms with Gasteiger partial charge in [0, 0.05) is 19.3 Å². The number of carboxylic acid groups (broad SMARTS) is 1. The Balaban J connectivity index is 2.17. The van der Waals surface area contributed by atoms with Crippen molar-refractivity contribution in [3.05, 3.63) is 71.8 Å². The number of benzene rings is 2. The Hall–Kier alpha value is -4.25. The van der Waals surface area contributed by atoms with E-state index in [1.807, 2.05) is 6.07 Å². The average molecular weight is 540 g/mol. The standard InChI is InChI=1S/C28H37N5O6/c1-17(2)24(27(37)32-22(28(38)39)16-19-11-7-4-8-12-19)33-26(36)21(15-18-9-5-3-6-10-18)31-25(35)20(29)13-14-23(30)34/h3-12,17,20-22,24H,13-16,29H2,1-2H3,(H2,30,34)(H,31,35)(H,32,37)(H,33,36)(H,38,39). The van der Waals surface area contributed by atoms with Crippen LogP contribution in [0.5, 0.6) is 0 Å². The van der Waals surface area contributed by atoms with Gasteiger partial charge in [-0.25, -0.2) is 4.79 Å². The zero-order valence-corrected chi connectivity index (χ0v) is 22.1. The lowest BCUT2D eigenvalue weighted by Gasteiger charge is -2.27. The lowest BCUT2D eigenvalue weighted by molar-refractivity contribution is -0.142. The summed E-state index contributed by atoms with van der Waals surface area (Å²) in [4.78, 5) is 62.1. The fraction of sp³-hybridized carbons (Fsp3) is 0.393. The van der Waals surface area contributed by atoms with Crippen LogP contribution < -0.4 is 27.4 Å². The molecule has 2 aromatic carbocycles. The molecule has 0 aromatic heterocycles. The van der Waals surface area contributed by atoms with Crippen molar-refractivity contribution in [2.45, 2.75) is 63.7 Å². The molecule has 0 aliphatic rings. The number of primary amides is 1. The fourth-order valence-corrected chi connectivity index (χ4v) is 3.87. The van der Waals surface area contributed by atoms with Crippen LogP contribution >= 0.6 is 0 Å².